The van der Waals surface area contributed by atoms with Crippen molar-refractivity contribution in [3.05, 3.63) is 71.8 Å². The number of nitrogens with two attached hydrogens (primary N) is 1. The van der Waals surface area contributed by atoms with Gasteiger partial charge < -0.3 is 16.2 Å². The molecule has 4 nitrogen and oxygen atoms in total. The zero-order valence-electron chi connectivity index (χ0n) is 13.8. The fourth-order valence-electron chi connectivity index (χ4n) is 2.52. The molecule has 1 amide bonds. The molecule has 2 unspecified atom stereocenters. The number of hydrogen-bond donors (Lipinski definition) is 3. The highest BCUT2D eigenvalue weighted by Gasteiger charge is 2.18. The van der Waals surface area contributed by atoms with Gasteiger partial charge in [0.15, 0.2) is 0 Å². The molecule has 2 aromatic rings. The van der Waals surface area contributed by atoms with Crippen LogP contribution in [0.15, 0.2) is 60.7 Å². The van der Waals surface area contributed by atoms with E-state index in [0.29, 0.717) is 12.8 Å². The summed E-state index contributed by atoms with van der Waals surface area (Å²) < 4.78 is 0. The van der Waals surface area contributed by atoms with Crippen LogP contribution in [0.25, 0.3) is 0 Å². The van der Waals surface area contributed by atoms with E-state index in [-0.39, 0.29) is 24.4 Å². The lowest BCUT2D eigenvalue weighted by molar-refractivity contribution is -0.123. The number of hydrogen-bond acceptors (Lipinski definition) is 3. The van der Waals surface area contributed by atoms with Gasteiger partial charge in [0.2, 0.25) is 5.91 Å². The number of nitrogens with one attached hydrogen (secondary N) is 1. The minimum absolute atomic E-state index is 0. The first-order valence-corrected chi connectivity index (χ1v) is 7.89. The maximum absolute atomic E-state index is 12.2. The van der Waals surface area contributed by atoms with Crippen LogP contribution in [0, 0.1) is 0 Å². The molecule has 0 aliphatic heterocycles. The Kier molecular flexibility index (Phi) is 8.47. The molecular weight excluding hydrogens is 324 g/mol. The molecule has 0 bridgehead atoms. The lowest BCUT2D eigenvalue weighted by Crippen LogP contribution is -2.45. The van der Waals surface area contributed by atoms with E-state index in [0.717, 1.165) is 11.1 Å². The zero-order valence-corrected chi connectivity index (χ0v) is 14.6. The van der Waals surface area contributed by atoms with Crippen molar-refractivity contribution >= 4 is 18.3 Å². The van der Waals surface area contributed by atoms with Crippen molar-refractivity contribution in [2.75, 3.05) is 0 Å². The Bertz CT molecular complexity index is 607. The van der Waals surface area contributed by atoms with Crippen molar-refractivity contribution in [3.63, 3.8) is 0 Å². The van der Waals surface area contributed by atoms with Gasteiger partial charge in [0.1, 0.15) is 0 Å². The number of benzene rings is 2. The maximum atomic E-state index is 12.2. The summed E-state index contributed by atoms with van der Waals surface area (Å²) in [6, 6.07) is 18.4. The van der Waals surface area contributed by atoms with E-state index >= 15 is 0 Å². The first-order valence-electron chi connectivity index (χ1n) is 7.89. The van der Waals surface area contributed by atoms with Gasteiger partial charge in [-0.1, -0.05) is 60.7 Å². The molecule has 0 aliphatic rings. The van der Waals surface area contributed by atoms with Gasteiger partial charge in [0.05, 0.1) is 12.1 Å². The molecule has 2 rings (SSSR count). The Balaban J connectivity index is 0.00000288. The Labute approximate surface area is 149 Å². The molecule has 0 heterocycles. The lowest BCUT2D eigenvalue weighted by Gasteiger charge is -2.20. The van der Waals surface area contributed by atoms with Crippen LogP contribution in [-0.2, 0) is 11.2 Å². The molecule has 130 valence electrons. The second-order valence-corrected chi connectivity index (χ2v) is 5.87. The van der Waals surface area contributed by atoms with E-state index in [4.69, 9.17) is 5.73 Å². The van der Waals surface area contributed by atoms with Gasteiger partial charge in [0.25, 0.3) is 0 Å². The van der Waals surface area contributed by atoms with E-state index < -0.39 is 12.1 Å². The molecule has 0 saturated carbocycles. The zero-order chi connectivity index (χ0) is 16.7. The van der Waals surface area contributed by atoms with Gasteiger partial charge in [0, 0.05) is 6.04 Å². The smallest absolute Gasteiger partial charge is 0.237 e. The van der Waals surface area contributed by atoms with Crippen LogP contribution in [-0.4, -0.2) is 23.1 Å². The molecule has 0 aliphatic carbocycles. The van der Waals surface area contributed by atoms with Gasteiger partial charge in [-0.05, 0) is 30.9 Å². The standard InChI is InChI=1S/C19H24N2O2.ClH/c1-14(12-18(22)16-10-6-3-7-11-16)21-19(23)17(20)13-15-8-4-2-5-9-15;/h2-11,14,17-18,22H,12-13,20H2,1H3,(H,21,23);1H/t14?,17-,18?;/m0./s1. The fourth-order valence-corrected chi connectivity index (χ4v) is 2.52. The van der Waals surface area contributed by atoms with Crippen molar-refractivity contribution in [3.8, 4) is 0 Å². The first-order chi connectivity index (χ1) is 11.1. The van der Waals surface area contributed by atoms with Crippen LogP contribution in [0.3, 0.4) is 0 Å². The summed E-state index contributed by atoms with van der Waals surface area (Å²) in [6.45, 7) is 1.87. The number of halogens is 1. The third-order valence-corrected chi connectivity index (χ3v) is 3.79. The van der Waals surface area contributed by atoms with E-state index in [1.165, 1.54) is 0 Å². The van der Waals surface area contributed by atoms with Gasteiger partial charge in [-0.15, -0.1) is 12.4 Å². The van der Waals surface area contributed by atoms with Crippen LogP contribution in [0.1, 0.15) is 30.6 Å². The second-order valence-electron chi connectivity index (χ2n) is 5.87. The Morgan fingerprint density at radius 2 is 1.62 bits per heavy atom. The van der Waals surface area contributed by atoms with Crippen molar-refractivity contribution in [2.24, 2.45) is 5.73 Å². The first kappa shape index (κ1) is 20.2. The van der Waals surface area contributed by atoms with Crippen molar-refractivity contribution < 1.29 is 9.90 Å². The summed E-state index contributed by atoms with van der Waals surface area (Å²) >= 11 is 0. The maximum Gasteiger partial charge on any atom is 0.237 e. The average Bonchev–Trinajstić information content (AvgIpc) is 2.56. The molecular formula is C19H25ClN2O2. The summed E-state index contributed by atoms with van der Waals surface area (Å²) in [5, 5.41) is 13.1. The SMILES string of the molecule is CC(CC(O)c1ccccc1)NC(=O)[C@@H](N)Cc1ccccc1.Cl. The highest BCUT2D eigenvalue weighted by molar-refractivity contribution is 5.85. The second kappa shape index (κ2) is 10.1. The Morgan fingerprint density at radius 3 is 2.21 bits per heavy atom. The van der Waals surface area contributed by atoms with Crippen molar-refractivity contribution in [1.82, 2.24) is 5.32 Å². The Morgan fingerprint density at radius 1 is 1.08 bits per heavy atom. The minimum atomic E-state index is -0.600. The molecule has 0 radical (unpaired) electrons. The predicted octanol–water partition coefficient (Wildman–Crippen LogP) is 2.61. The molecule has 3 atom stereocenters. The molecule has 4 N–H and O–H groups in total. The Hall–Kier alpha value is -1.88. The quantitative estimate of drug-likeness (QED) is 0.720. The van der Waals surface area contributed by atoms with E-state index in [9.17, 15) is 9.90 Å². The molecule has 2 aromatic carbocycles. The third kappa shape index (κ3) is 6.32. The van der Waals surface area contributed by atoms with Gasteiger partial charge >= 0.3 is 0 Å². The number of aliphatic hydroxyl groups is 1. The average molecular weight is 349 g/mol. The van der Waals surface area contributed by atoms with Gasteiger partial charge in [-0.3, -0.25) is 4.79 Å². The molecule has 5 heteroatoms. The number of aliphatic hydroxyl groups excluding tert-OH is 1. The molecule has 0 aromatic heterocycles. The van der Waals surface area contributed by atoms with Crippen molar-refractivity contribution in [2.45, 2.75) is 38.0 Å². The van der Waals surface area contributed by atoms with E-state index in [2.05, 4.69) is 5.32 Å². The lowest BCUT2D eigenvalue weighted by atomic mass is 10.0. The van der Waals surface area contributed by atoms with Gasteiger partial charge in [-0.2, -0.15) is 0 Å². The third-order valence-electron chi connectivity index (χ3n) is 3.79. The highest BCUT2D eigenvalue weighted by atomic mass is 35.5. The summed E-state index contributed by atoms with van der Waals surface area (Å²) in [6.07, 6.45) is 0.353. The summed E-state index contributed by atoms with van der Waals surface area (Å²) in [4.78, 5) is 12.2. The summed E-state index contributed by atoms with van der Waals surface area (Å²) in [5.41, 5.74) is 7.85. The van der Waals surface area contributed by atoms with E-state index in [1.54, 1.807) is 0 Å². The normalized spacial score (nSPS) is 14.1. The van der Waals surface area contributed by atoms with Crippen LogP contribution >= 0.6 is 12.4 Å². The highest BCUT2D eigenvalue weighted by Crippen LogP contribution is 2.17. The van der Waals surface area contributed by atoms with Crippen molar-refractivity contribution in [1.29, 1.82) is 0 Å². The van der Waals surface area contributed by atoms with Crippen LogP contribution in [0.2, 0.25) is 0 Å². The largest absolute Gasteiger partial charge is 0.388 e. The number of carbonyl (C=O) groups excluding carboxylic acids is 1. The minimum Gasteiger partial charge on any atom is -0.388 e. The predicted molar refractivity (Wildman–Crippen MR) is 99.0 cm³/mol. The summed E-state index contributed by atoms with van der Waals surface area (Å²) in [7, 11) is 0. The van der Waals surface area contributed by atoms with Crippen LogP contribution < -0.4 is 11.1 Å². The van der Waals surface area contributed by atoms with Crippen LogP contribution in [0.4, 0.5) is 0 Å². The topological polar surface area (TPSA) is 75.3 Å². The number of amides is 1. The molecule has 0 spiro atoms. The molecule has 24 heavy (non-hydrogen) atoms. The monoisotopic (exact) mass is 348 g/mol. The summed E-state index contributed by atoms with van der Waals surface area (Å²) in [5.74, 6) is -0.193. The fraction of sp³-hybridized carbons (Fsp3) is 0.316. The number of carbonyl (C=O) groups is 1. The van der Waals surface area contributed by atoms with E-state index in [1.807, 2.05) is 67.6 Å². The molecule has 0 saturated heterocycles. The number of rotatable bonds is 7. The van der Waals surface area contributed by atoms with Crippen LogP contribution in [0.5, 0.6) is 0 Å². The molecule has 0 fully saturated rings. The van der Waals surface area contributed by atoms with Gasteiger partial charge in [-0.25, -0.2) is 0 Å².